The Hall–Kier alpha value is -0.890. The van der Waals surface area contributed by atoms with Crippen LogP contribution in [-0.2, 0) is 28.4 Å². The minimum absolute atomic E-state index is 0.0724. The van der Waals surface area contributed by atoms with Gasteiger partial charge in [0.1, 0.15) is 13.2 Å². The van der Waals surface area contributed by atoms with Crippen molar-refractivity contribution in [2.45, 2.75) is 38.9 Å². The fraction of sp³-hybridized carbons (Fsp3) is 0.933. The number of hydrogen-bond donors (Lipinski definition) is 0. The third kappa shape index (κ3) is 11.7. The van der Waals surface area contributed by atoms with E-state index in [1.807, 2.05) is 13.8 Å². The molecule has 0 bridgehead atoms. The van der Waals surface area contributed by atoms with E-state index in [9.17, 15) is 4.79 Å². The molecule has 0 aliphatic heterocycles. The maximum Gasteiger partial charge on any atom is 0.508 e. The first-order valence-corrected chi connectivity index (χ1v) is 7.68. The van der Waals surface area contributed by atoms with Crippen LogP contribution < -0.4 is 0 Å². The molecule has 0 rings (SSSR count). The molecule has 0 aromatic rings. The van der Waals surface area contributed by atoms with Gasteiger partial charge in [0.05, 0.1) is 38.6 Å². The first kappa shape index (κ1) is 21.1. The molecule has 0 N–H and O–H groups in total. The van der Waals surface area contributed by atoms with Crippen LogP contribution in [0.4, 0.5) is 4.79 Å². The molecule has 7 nitrogen and oxygen atoms in total. The average Bonchev–Trinajstić information content (AvgIpc) is 2.54. The summed E-state index contributed by atoms with van der Waals surface area (Å²) in [6.45, 7) is 5.94. The summed E-state index contributed by atoms with van der Waals surface area (Å²) in [4.78, 5) is 11.3. The van der Waals surface area contributed by atoms with E-state index >= 15 is 0 Å². The highest BCUT2D eigenvalue weighted by Crippen LogP contribution is 1.98. The van der Waals surface area contributed by atoms with Crippen molar-refractivity contribution in [3.63, 3.8) is 0 Å². The van der Waals surface area contributed by atoms with Crippen molar-refractivity contribution in [1.29, 1.82) is 0 Å². The molecule has 2 atom stereocenters. The van der Waals surface area contributed by atoms with E-state index in [1.165, 1.54) is 0 Å². The molecule has 0 saturated heterocycles. The molecule has 0 amide bonds. The molecule has 7 heteroatoms. The van der Waals surface area contributed by atoms with Crippen molar-refractivity contribution in [3.8, 4) is 0 Å². The van der Waals surface area contributed by atoms with Crippen molar-refractivity contribution < 1.29 is 33.2 Å². The minimum atomic E-state index is -0.718. The predicted octanol–water partition coefficient (Wildman–Crippen LogP) is 2.02. The second kappa shape index (κ2) is 15.0. The van der Waals surface area contributed by atoms with Gasteiger partial charge in [-0.2, -0.15) is 0 Å². The van der Waals surface area contributed by atoms with E-state index in [0.29, 0.717) is 26.4 Å². The highest BCUT2D eigenvalue weighted by Gasteiger charge is 2.07. The van der Waals surface area contributed by atoms with Crippen LogP contribution in [0.25, 0.3) is 0 Å². The maximum absolute atomic E-state index is 11.3. The second-order valence-electron chi connectivity index (χ2n) is 4.63. The number of ether oxygens (including phenoxy) is 6. The second-order valence-corrected chi connectivity index (χ2v) is 4.63. The standard InChI is InChI=1S/C15H30O7/c1-5-13(17-3)11-19-7-9-21-15(16)22-10-8-20-12-14(6-2)18-4/h13-14H,5-12H2,1-4H3. The Labute approximate surface area is 133 Å². The number of hydrogen-bond acceptors (Lipinski definition) is 7. The van der Waals surface area contributed by atoms with Gasteiger partial charge < -0.3 is 28.4 Å². The van der Waals surface area contributed by atoms with Crippen LogP contribution in [0.2, 0.25) is 0 Å². The summed E-state index contributed by atoms with van der Waals surface area (Å²) in [5, 5.41) is 0. The van der Waals surface area contributed by atoms with Gasteiger partial charge in [-0.1, -0.05) is 13.8 Å². The van der Waals surface area contributed by atoms with E-state index in [1.54, 1.807) is 14.2 Å². The SMILES string of the molecule is CCC(COCCOC(=O)OCCOCC(CC)OC)OC. The van der Waals surface area contributed by atoms with Crippen molar-refractivity contribution in [2.75, 3.05) is 53.9 Å². The van der Waals surface area contributed by atoms with Gasteiger partial charge in [-0.05, 0) is 12.8 Å². The molecule has 0 fully saturated rings. The van der Waals surface area contributed by atoms with E-state index in [0.717, 1.165) is 12.8 Å². The van der Waals surface area contributed by atoms with Crippen molar-refractivity contribution >= 4 is 6.16 Å². The van der Waals surface area contributed by atoms with Gasteiger partial charge >= 0.3 is 6.16 Å². The van der Waals surface area contributed by atoms with Gasteiger partial charge in [0.25, 0.3) is 0 Å². The Kier molecular flexibility index (Phi) is 14.4. The van der Waals surface area contributed by atoms with Crippen molar-refractivity contribution in [2.24, 2.45) is 0 Å². The Balaban J connectivity index is 3.40. The quantitative estimate of drug-likeness (QED) is 0.358. The molecule has 0 spiro atoms. The molecule has 132 valence electrons. The smallest absolute Gasteiger partial charge is 0.432 e. The molecule has 2 unspecified atom stereocenters. The average molecular weight is 322 g/mol. The first-order chi connectivity index (χ1) is 10.7. The van der Waals surface area contributed by atoms with E-state index in [4.69, 9.17) is 28.4 Å². The van der Waals surface area contributed by atoms with Crippen LogP contribution in [0, 0.1) is 0 Å². The summed E-state index contributed by atoms with van der Waals surface area (Å²) in [5.74, 6) is 0. The number of methoxy groups -OCH3 is 2. The molecule has 0 heterocycles. The lowest BCUT2D eigenvalue weighted by molar-refractivity contribution is -0.0263. The summed E-state index contributed by atoms with van der Waals surface area (Å²) in [5.41, 5.74) is 0. The topological polar surface area (TPSA) is 72.5 Å². The van der Waals surface area contributed by atoms with Crippen LogP contribution >= 0.6 is 0 Å². The zero-order chi connectivity index (χ0) is 16.6. The van der Waals surface area contributed by atoms with Gasteiger partial charge in [0.15, 0.2) is 0 Å². The van der Waals surface area contributed by atoms with Crippen LogP contribution in [0.3, 0.4) is 0 Å². The molecule has 0 aliphatic rings. The summed E-state index contributed by atoms with van der Waals surface area (Å²) >= 11 is 0. The number of rotatable bonds is 14. The summed E-state index contributed by atoms with van der Waals surface area (Å²) in [7, 11) is 3.28. The summed E-state index contributed by atoms with van der Waals surface area (Å²) in [6, 6.07) is 0. The Bertz CT molecular complexity index is 228. The molecule has 0 radical (unpaired) electrons. The third-order valence-electron chi connectivity index (χ3n) is 3.08. The number of carbonyl (C=O) groups excluding carboxylic acids is 1. The molecule has 0 saturated carbocycles. The van der Waals surface area contributed by atoms with Crippen LogP contribution in [0.1, 0.15) is 26.7 Å². The van der Waals surface area contributed by atoms with Gasteiger partial charge in [0, 0.05) is 14.2 Å². The third-order valence-corrected chi connectivity index (χ3v) is 3.08. The normalized spacial score (nSPS) is 13.6. The monoisotopic (exact) mass is 322 g/mol. The maximum atomic E-state index is 11.3. The zero-order valence-corrected chi connectivity index (χ0v) is 14.2. The zero-order valence-electron chi connectivity index (χ0n) is 14.2. The van der Waals surface area contributed by atoms with E-state index in [2.05, 4.69) is 0 Å². The lowest BCUT2D eigenvalue weighted by atomic mass is 10.3. The molecule has 0 aromatic heterocycles. The van der Waals surface area contributed by atoms with E-state index < -0.39 is 6.16 Å². The Morgan fingerprint density at radius 2 is 1.18 bits per heavy atom. The van der Waals surface area contributed by atoms with Crippen molar-refractivity contribution in [3.05, 3.63) is 0 Å². The van der Waals surface area contributed by atoms with Gasteiger partial charge in [-0.3, -0.25) is 0 Å². The van der Waals surface area contributed by atoms with Crippen molar-refractivity contribution in [1.82, 2.24) is 0 Å². The van der Waals surface area contributed by atoms with Gasteiger partial charge in [-0.15, -0.1) is 0 Å². The molecule has 0 aromatic carbocycles. The first-order valence-electron chi connectivity index (χ1n) is 7.68. The fourth-order valence-electron chi connectivity index (χ4n) is 1.54. The van der Waals surface area contributed by atoms with Crippen LogP contribution in [-0.4, -0.2) is 72.2 Å². The lowest BCUT2D eigenvalue weighted by Gasteiger charge is -2.13. The van der Waals surface area contributed by atoms with Gasteiger partial charge in [0.2, 0.25) is 0 Å². The number of carbonyl (C=O) groups is 1. The predicted molar refractivity (Wildman–Crippen MR) is 81.1 cm³/mol. The highest BCUT2D eigenvalue weighted by atomic mass is 16.7. The highest BCUT2D eigenvalue weighted by molar-refractivity contribution is 5.59. The Morgan fingerprint density at radius 1 is 0.773 bits per heavy atom. The fourth-order valence-corrected chi connectivity index (χ4v) is 1.54. The largest absolute Gasteiger partial charge is 0.508 e. The molecular weight excluding hydrogens is 292 g/mol. The van der Waals surface area contributed by atoms with E-state index in [-0.39, 0.29) is 25.4 Å². The van der Waals surface area contributed by atoms with Gasteiger partial charge in [-0.25, -0.2) is 4.79 Å². The van der Waals surface area contributed by atoms with Crippen LogP contribution in [0.5, 0.6) is 0 Å². The summed E-state index contributed by atoms with van der Waals surface area (Å²) in [6.07, 6.45) is 1.18. The molecule has 0 aliphatic carbocycles. The molecular formula is C15H30O7. The van der Waals surface area contributed by atoms with Crippen LogP contribution in [0.15, 0.2) is 0 Å². The molecule has 22 heavy (non-hydrogen) atoms. The lowest BCUT2D eigenvalue weighted by Crippen LogP contribution is -2.21. The Morgan fingerprint density at radius 3 is 1.50 bits per heavy atom. The minimum Gasteiger partial charge on any atom is -0.432 e. The summed E-state index contributed by atoms with van der Waals surface area (Å²) < 4.78 is 30.7.